The van der Waals surface area contributed by atoms with Crippen LogP contribution in [0.15, 0.2) is 18.2 Å². The van der Waals surface area contributed by atoms with Gasteiger partial charge in [0.15, 0.2) is 0 Å². The topological polar surface area (TPSA) is 75.9 Å². The molecule has 0 atom stereocenters. The van der Waals surface area contributed by atoms with E-state index in [0.717, 1.165) is 5.56 Å². The standard InChI is InChI=1S/C14H19N3O3/c1-10-9-11(3-4-12(10)15)13(18)16-5-7-17(8-6-16)14(19)20-2/h3-4,9H,5-8,15H2,1-2H3. The molecule has 1 aliphatic rings. The third-order valence-corrected chi connectivity index (χ3v) is 3.52. The Bertz CT molecular complexity index is 522. The highest BCUT2D eigenvalue weighted by Crippen LogP contribution is 2.15. The van der Waals surface area contributed by atoms with Crippen LogP contribution in [-0.2, 0) is 4.74 Å². The predicted molar refractivity (Wildman–Crippen MR) is 75.5 cm³/mol. The Labute approximate surface area is 118 Å². The smallest absolute Gasteiger partial charge is 0.409 e. The van der Waals surface area contributed by atoms with E-state index < -0.39 is 0 Å². The highest BCUT2D eigenvalue weighted by atomic mass is 16.5. The van der Waals surface area contributed by atoms with Crippen LogP contribution in [0.25, 0.3) is 0 Å². The summed E-state index contributed by atoms with van der Waals surface area (Å²) >= 11 is 0. The van der Waals surface area contributed by atoms with Gasteiger partial charge in [-0.15, -0.1) is 0 Å². The van der Waals surface area contributed by atoms with E-state index in [1.807, 2.05) is 6.92 Å². The normalized spacial score (nSPS) is 15.1. The summed E-state index contributed by atoms with van der Waals surface area (Å²) in [5.74, 6) is -0.0300. The highest BCUT2D eigenvalue weighted by Gasteiger charge is 2.25. The lowest BCUT2D eigenvalue weighted by Gasteiger charge is -2.33. The molecule has 0 spiro atoms. The number of nitrogens with zero attached hydrogens (tertiary/aromatic N) is 2. The minimum atomic E-state index is -0.347. The van der Waals surface area contributed by atoms with Crippen LogP contribution >= 0.6 is 0 Å². The maximum atomic E-state index is 12.4. The number of benzene rings is 1. The molecule has 0 unspecified atom stereocenters. The fraction of sp³-hybridized carbons (Fsp3) is 0.429. The molecule has 2 amide bonds. The molecule has 0 bridgehead atoms. The third-order valence-electron chi connectivity index (χ3n) is 3.52. The van der Waals surface area contributed by atoms with E-state index in [0.29, 0.717) is 37.4 Å². The summed E-state index contributed by atoms with van der Waals surface area (Å²) in [6.45, 7) is 3.88. The Morgan fingerprint density at radius 1 is 1.15 bits per heavy atom. The van der Waals surface area contributed by atoms with Crippen LogP contribution in [0.4, 0.5) is 10.5 Å². The van der Waals surface area contributed by atoms with Gasteiger partial charge in [-0.25, -0.2) is 4.79 Å². The monoisotopic (exact) mass is 277 g/mol. The third kappa shape index (κ3) is 2.84. The number of nitrogens with two attached hydrogens (primary N) is 1. The van der Waals surface area contributed by atoms with Crippen LogP contribution in [0.1, 0.15) is 15.9 Å². The summed E-state index contributed by atoms with van der Waals surface area (Å²) in [6, 6.07) is 5.27. The van der Waals surface area contributed by atoms with E-state index in [-0.39, 0.29) is 12.0 Å². The first kappa shape index (κ1) is 14.2. The molecular formula is C14H19N3O3. The number of carbonyl (C=O) groups excluding carboxylic acids is 2. The molecule has 0 aliphatic carbocycles. The molecule has 1 fully saturated rings. The summed E-state index contributed by atoms with van der Waals surface area (Å²) in [4.78, 5) is 27.1. The Morgan fingerprint density at radius 3 is 2.30 bits per heavy atom. The van der Waals surface area contributed by atoms with Crippen LogP contribution in [0.3, 0.4) is 0 Å². The maximum absolute atomic E-state index is 12.4. The first-order chi connectivity index (χ1) is 9.52. The predicted octanol–water partition coefficient (Wildman–Crippen LogP) is 1.10. The largest absolute Gasteiger partial charge is 0.453 e. The lowest BCUT2D eigenvalue weighted by atomic mass is 10.1. The van der Waals surface area contributed by atoms with Crippen molar-refractivity contribution < 1.29 is 14.3 Å². The number of amides is 2. The fourth-order valence-electron chi connectivity index (χ4n) is 2.21. The van der Waals surface area contributed by atoms with Gasteiger partial charge in [0, 0.05) is 37.4 Å². The Hall–Kier alpha value is -2.24. The van der Waals surface area contributed by atoms with E-state index in [1.165, 1.54) is 7.11 Å². The number of hydrogen-bond acceptors (Lipinski definition) is 4. The molecule has 1 aromatic rings. The Balaban J connectivity index is 2.01. The number of ether oxygens (including phenoxy) is 1. The van der Waals surface area contributed by atoms with E-state index in [2.05, 4.69) is 4.74 Å². The number of hydrogen-bond donors (Lipinski definition) is 1. The van der Waals surface area contributed by atoms with E-state index in [9.17, 15) is 9.59 Å². The molecule has 0 radical (unpaired) electrons. The van der Waals surface area contributed by atoms with Crippen LogP contribution < -0.4 is 5.73 Å². The minimum Gasteiger partial charge on any atom is -0.453 e. The minimum absolute atomic E-state index is 0.0300. The molecule has 108 valence electrons. The van der Waals surface area contributed by atoms with Crippen LogP contribution in [0, 0.1) is 6.92 Å². The number of aryl methyl sites for hydroxylation is 1. The van der Waals surface area contributed by atoms with Gasteiger partial charge in [-0.3, -0.25) is 4.79 Å². The summed E-state index contributed by atoms with van der Waals surface area (Å²) in [6.07, 6.45) is -0.347. The Kier molecular flexibility index (Phi) is 4.12. The second-order valence-electron chi connectivity index (χ2n) is 4.82. The maximum Gasteiger partial charge on any atom is 0.409 e. The van der Waals surface area contributed by atoms with Crippen LogP contribution in [0.5, 0.6) is 0 Å². The zero-order valence-corrected chi connectivity index (χ0v) is 11.8. The van der Waals surface area contributed by atoms with Gasteiger partial charge in [0.2, 0.25) is 0 Å². The molecule has 0 aromatic heterocycles. The Morgan fingerprint density at radius 2 is 1.75 bits per heavy atom. The molecular weight excluding hydrogens is 258 g/mol. The van der Waals surface area contributed by atoms with Crippen molar-refractivity contribution in [1.29, 1.82) is 0 Å². The SMILES string of the molecule is COC(=O)N1CCN(C(=O)c2ccc(N)c(C)c2)CC1. The van der Waals surface area contributed by atoms with Crippen molar-refractivity contribution in [2.75, 3.05) is 39.0 Å². The molecule has 2 N–H and O–H groups in total. The van der Waals surface area contributed by atoms with Gasteiger partial charge in [0.05, 0.1) is 7.11 Å². The lowest BCUT2D eigenvalue weighted by molar-refractivity contribution is 0.0599. The summed E-state index contributed by atoms with van der Waals surface area (Å²) in [7, 11) is 1.36. The molecule has 1 saturated heterocycles. The zero-order chi connectivity index (χ0) is 14.7. The molecule has 6 heteroatoms. The van der Waals surface area contributed by atoms with Crippen LogP contribution in [-0.4, -0.2) is 55.1 Å². The number of rotatable bonds is 1. The first-order valence-corrected chi connectivity index (χ1v) is 6.51. The molecule has 6 nitrogen and oxygen atoms in total. The zero-order valence-electron chi connectivity index (χ0n) is 11.8. The van der Waals surface area contributed by atoms with Crippen molar-refractivity contribution in [3.8, 4) is 0 Å². The van der Waals surface area contributed by atoms with Gasteiger partial charge in [0.25, 0.3) is 5.91 Å². The summed E-state index contributed by atoms with van der Waals surface area (Å²) in [5, 5.41) is 0. The molecule has 0 saturated carbocycles. The highest BCUT2D eigenvalue weighted by molar-refractivity contribution is 5.95. The number of piperazine rings is 1. The summed E-state index contributed by atoms with van der Waals surface area (Å²) < 4.78 is 4.67. The molecule has 1 aliphatic heterocycles. The molecule has 2 rings (SSSR count). The quantitative estimate of drug-likeness (QED) is 0.780. The number of carbonyl (C=O) groups is 2. The number of methoxy groups -OCH3 is 1. The van der Waals surface area contributed by atoms with Gasteiger partial charge in [-0.05, 0) is 30.7 Å². The van der Waals surface area contributed by atoms with Gasteiger partial charge < -0.3 is 20.3 Å². The van der Waals surface area contributed by atoms with Crippen molar-refractivity contribution in [3.05, 3.63) is 29.3 Å². The second-order valence-corrected chi connectivity index (χ2v) is 4.82. The van der Waals surface area contributed by atoms with Gasteiger partial charge in [-0.1, -0.05) is 0 Å². The summed E-state index contributed by atoms with van der Waals surface area (Å²) in [5.41, 5.74) is 7.95. The van der Waals surface area contributed by atoms with Gasteiger partial charge in [0.1, 0.15) is 0 Å². The average Bonchev–Trinajstić information content (AvgIpc) is 2.48. The van der Waals surface area contributed by atoms with E-state index in [1.54, 1.807) is 28.0 Å². The van der Waals surface area contributed by atoms with Crippen molar-refractivity contribution in [3.63, 3.8) is 0 Å². The second kappa shape index (κ2) is 5.81. The first-order valence-electron chi connectivity index (χ1n) is 6.51. The molecule has 1 heterocycles. The lowest BCUT2D eigenvalue weighted by Crippen LogP contribution is -2.50. The van der Waals surface area contributed by atoms with Crippen molar-refractivity contribution in [2.24, 2.45) is 0 Å². The average molecular weight is 277 g/mol. The van der Waals surface area contributed by atoms with Crippen molar-refractivity contribution in [2.45, 2.75) is 6.92 Å². The number of nitrogen functional groups attached to an aromatic ring is 1. The van der Waals surface area contributed by atoms with E-state index in [4.69, 9.17) is 5.73 Å². The van der Waals surface area contributed by atoms with Gasteiger partial charge in [-0.2, -0.15) is 0 Å². The number of anilines is 1. The van der Waals surface area contributed by atoms with Crippen molar-refractivity contribution >= 4 is 17.7 Å². The molecule has 20 heavy (non-hydrogen) atoms. The van der Waals surface area contributed by atoms with Crippen LogP contribution in [0.2, 0.25) is 0 Å². The van der Waals surface area contributed by atoms with E-state index >= 15 is 0 Å². The fourth-order valence-corrected chi connectivity index (χ4v) is 2.21. The van der Waals surface area contributed by atoms with Crippen molar-refractivity contribution in [1.82, 2.24) is 9.80 Å². The van der Waals surface area contributed by atoms with Gasteiger partial charge >= 0.3 is 6.09 Å². The molecule has 1 aromatic carbocycles.